The zero-order valence-corrected chi connectivity index (χ0v) is 20.9. The van der Waals surface area contributed by atoms with Crippen LogP contribution in [-0.2, 0) is 9.63 Å². The first-order valence-corrected chi connectivity index (χ1v) is 12.9. The van der Waals surface area contributed by atoms with Gasteiger partial charge in [0.1, 0.15) is 17.3 Å². The van der Waals surface area contributed by atoms with Gasteiger partial charge >= 0.3 is 0 Å². The first kappa shape index (κ1) is 24.5. The Morgan fingerprint density at radius 1 is 1.17 bits per heavy atom. The number of carbonyl (C=O) groups excluding carboxylic acids is 1. The van der Waals surface area contributed by atoms with Gasteiger partial charge in [0.05, 0.1) is 16.3 Å². The molecule has 0 bridgehead atoms. The molecule has 1 N–H and O–H groups in total. The third-order valence-corrected chi connectivity index (χ3v) is 7.93. The second kappa shape index (κ2) is 10.1. The molecule has 36 heavy (non-hydrogen) atoms. The van der Waals surface area contributed by atoms with Gasteiger partial charge in [0.25, 0.3) is 5.91 Å². The maximum Gasteiger partial charge on any atom is 0.256 e. The molecule has 2 aliphatic rings. The Bertz CT molecular complexity index is 1300. The number of aryl methyl sites for hydroxylation is 2. The maximum absolute atomic E-state index is 14.1. The largest absolute Gasteiger partial charge is 0.387 e. The highest BCUT2D eigenvalue weighted by molar-refractivity contribution is 7.10. The smallest absolute Gasteiger partial charge is 0.256 e. The van der Waals surface area contributed by atoms with Gasteiger partial charge in [-0.15, -0.1) is 11.3 Å². The fourth-order valence-electron chi connectivity index (χ4n) is 4.82. The minimum Gasteiger partial charge on any atom is -0.387 e. The van der Waals surface area contributed by atoms with Gasteiger partial charge in [0.15, 0.2) is 12.2 Å². The molecular weight excluding hydrogens is 484 g/mol. The van der Waals surface area contributed by atoms with Crippen molar-refractivity contribution in [2.75, 3.05) is 13.1 Å². The van der Waals surface area contributed by atoms with E-state index in [1.165, 1.54) is 29.5 Å². The van der Waals surface area contributed by atoms with Gasteiger partial charge < -0.3 is 14.8 Å². The van der Waals surface area contributed by atoms with Gasteiger partial charge in [-0.05, 0) is 49.9 Å². The molecule has 1 saturated heterocycles. The number of amides is 1. The number of rotatable bonds is 5. The Morgan fingerprint density at radius 3 is 2.61 bits per heavy atom. The van der Waals surface area contributed by atoms with Crippen LogP contribution in [0.5, 0.6) is 0 Å². The van der Waals surface area contributed by atoms with Crippen LogP contribution in [0.1, 0.15) is 70.3 Å². The van der Waals surface area contributed by atoms with Gasteiger partial charge in [-0.25, -0.2) is 13.8 Å². The van der Waals surface area contributed by atoms with Crippen LogP contribution in [0.25, 0.3) is 0 Å². The van der Waals surface area contributed by atoms with Gasteiger partial charge in [0, 0.05) is 30.8 Å². The monoisotopic (exact) mass is 511 g/mol. The Hall–Kier alpha value is -3.17. The van der Waals surface area contributed by atoms with Crippen LogP contribution in [0.3, 0.4) is 0 Å². The number of benzene rings is 2. The lowest BCUT2D eigenvalue weighted by molar-refractivity contribution is -0.141. The number of thiazole rings is 1. The molecular formula is C27H27F2N3O3S. The van der Waals surface area contributed by atoms with Crippen molar-refractivity contribution < 1.29 is 23.5 Å². The van der Waals surface area contributed by atoms with E-state index >= 15 is 0 Å². The van der Waals surface area contributed by atoms with Crippen LogP contribution >= 0.6 is 11.3 Å². The molecule has 3 aromatic rings. The van der Waals surface area contributed by atoms with E-state index in [4.69, 9.17) is 9.82 Å². The molecule has 2 aliphatic heterocycles. The molecule has 0 aliphatic carbocycles. The van der Waals surface area contributed by atoms with E-state index in [1.807, 2.05) is 37.4 Å². The number of aliphatic hydroxyl groups is 1. The summed E-state index contributed by atoms with van der Waals surface area (Å²) >= 11 is 1.51. The molecule has 2 unspecified atom stereocenters. The maximum atomic E-state index is 14.1. The zero-order chi connectivity index (χ0) is 25.4. The van der Waals surface area contributed by atoms with Crippen LogP contribution in [0.4, 0.5) is 8.78 Å². The SMILES string of the molecule is Cc1ccc(C)c(C(O)C(=O)N2CCC(c3nc(C4=NOC(c5c(F)cccc5F)C4)cs3)CC2)c1. The fourth-order valence-corrected chi connectivity index (χ4v) is 5.82. The normalized spacial score (nSPS) is 19.2. The Balaban J connectivity index is 1.20. The standard InChI is InChI=1S/C27H27F2N3O3S/c1-15-6-7-16(2)18(12-15)25(33)27(34)32-10-8-17(9-11-32)26-30-22(14-36-26)21-13-23(35-31-21)24-19(28)4-3-5-20(24)29/h3-7,12,14,17,23,25,33H,8-11,13H2,1-2H3. The molecule has 9 heteroatoms. The number of oxime groups is 1. The first-order valence-electron chi connectivity index (χ1n) is 12.0. The number of aromatic nitrogens is 1. The van der Waals surface area contributed by atoms with Crippen LogP contribution in [-0.4, -0.2) is 39.7 Å². The van der Waals surface area contributed by atoms with Crippen LogP contribution in [0.2, 0.25) is 0 Å². The van der Waals surface area contributed by atoms with E-state index in [0.29, 0.717) is 30.1 Å². The zero-order valence-electron chi connectivity index (χ0n) is 20.1. The van der Waals surface area contributed by atoms with E-state index in [9.17, 15) is 18.7 Å². The van der Waals surface area contributed by atoms with Crippen LogP contribution in [0.15, 0.2) is 46.9 Å². The van der Waals surface area contributed by atoms with Crippen LogP contribution < -0.4 is 0 Å². The highest BCUT2D eigenvalue weighted by Gasteiger charge is 2.32. The molecule has 2 atom stereocenters. The lowest BCUT2D eigenvalue weighted by atomic mass is 9.95. The minimum atomic E-state index is -1.17. The summed E-state index contributed by atoms with van der Waals surface area (Å²) in [5.41, 5.74) is 3.65. The van der Waals surface area contributed by atoms with Crippen molar-refractivity contribution in [3.05, 3.63) is 86.4 Å². The molecule has 3 heterocycles. The van der Waals surface area contributed by atoms with Gasteiger partial charge in [-0.2, -0.15) is 0 Å². The number of likely N-dealkylation sites (tertiary alicyclic amines) is 1. The van der Waals surface area contributed by atoms with E-state index in [-0.39, 0.29) is 23.8 Å². The van der Waals surface area contributed by atoms with Crippen LogP contribution in [0, 0.1) is 25.5 Å². The van der Waals surface area contributed by atoms with Crippen molar-refractivity contribution in [3.63, 3.8) is 0 Å². The molecule has 0 spiro atoms. The van der Waals surface area contributed by atoms with Gasteiger partial charge in [-0.1, -0.05) is 35.0 Å². The molecule has 1 amide bonds. The topological polar surface area (TPSA) is 75.0 Å². The third kappa shape index (κ3) is 4.77. The number of nitrogens with zero attached hydrogens (tertiary/aromatic N) is 3. The lowest BCUT2D eigenvalue weighted by Crippen LogP contribution is -2.40. The number of hydrogen-bond donors (Lipinski definition) is 1. The summed E-state index contributed by atoms with van der Waals surface area (Å²) in [5.74, 6) is -1.39. The summed E-state index contributed by atoms with van der Waals surface area (Å²) in [7, 11) is 0. The van der Waals surface area contributed by atoms with E-state index in [2.05, 4.69) is 5.16 Å². The summed E-state index contributed by atoms with van der Waals surface area (Å²) in [5, 5.41) is 17.6. The highest BCUT2D eigenvalue weighted by atomic mass is 32.1. The summed E-state index contributed by atoms with van der Waals surface area (Å²) in [6, 6.07) is 9.48. The molecule has 1 fully saturated rings. The molecule has 5 rings (SSSR count). The van der Waals surface area contributed by atoms with E-state index < -0.39 is 23.8 Å². The number of hydrogen-bond acceptors (Lipinski definition) is 6. The second-order valence-electron chi connectivity index (χ2n) is 9.40. The van der Waals surface area contributed by atoms with Gasteiger partial charge in [0.2, 0.25) is 0 Å². The highest BCUT2D eigenvalue weighted by Crippen LogP contribution is 2.35. The summed E-state index contributed by atoms with van der Waals surface area (Å²) < 4.78 is 28.2. The average Bonchev–Trinajstić information content (AvgIpc) is 3.55. The van der Waals surface area contributed by atoms with Gasteiger partial charge in [-0.3, -0.25) is 4.79 Å². The summed E-state index contributed by atoms with van der Waals surface area (Å²) in [6.45, 7) is 4.92. The Kier molecular flexibility index (Phi) is 6.85. The molecule has 0 radical (unpaired) electrons. The number of piperidine rings is 1. The van der Waals surface area contributed by atoms with Crippen molar-refractivity contribution in [2.45, 2.75) is 51.2 Å². The molecule has 1 aromatic heterocycles. The third-order valence-electron chi connectivity index (χ3n) is 6.93. The number of aliphatic hydroxyl groups excluding tert-OH is 1. The van der Waals surface area contributed by atoms with Crippen molar-refractivity contribution in [1.82, 2.24) is 9.88 Å². The predicted octanol–water partition coefficient (Wildman–Crippen LogP) is 5.34. The first-order chi connectivity index (χ1) is 17.3. The molecule has 2 aromatic carbocycles. The average molecular weight is 512 g/mol. The molecule has 0 saturated carbocycles. The molecule has 6 nitrogen and oxygen atoms in total. The Morgan fingerprint density at radius 2 is 1.89 bits per heavy atom. The fraction of sp³-hybridized carbons (Fsp3) is 0.370. The lowest BCUT2D eigenvalue weighted by Gasteiger charge is -2.32. The Labute approximate surface area is 212 Å². The predicted molar refractivity (Wildman–Crippen MR) is 133 cm³/mol. The minimum absolute atomic E-state index is 0.119. The van der Waals surface area contributed by atoms with E-state index in [0.717, 1.165) is 29.0 Å². The number of carbonyl (C=O) groups is 1. The summed E-state index contributed by atoms with van der Waals surface area (Å²) in [4.78, 5) is 24.8. The molecule has 188 valence electrons. The quantitative estimate of drug-likeness (QED) is 0.502. The second-order valence-corrected chi connectivity index (χ2v) is 10.3. The van der Waals surface area contributed by atoms with Crippen molar-refractivity contribution in [2.24, 2.45) is 5.16 Å². The summed E-state index contributed by atoms with van der Waals surface area (Å²) in [6.07, 6.45) is -0.261. The van der Waals surface area contributed by atoms with Crippen molar-refractivity contribution in [1.29, 1.82) is 0 Å². The van der Waals surface area contributed by atoms with E-state index in [1.54, 1.807) is 4.90 Å². The van der Waals surface area contributed by atoms with Crippen molar-refractivity contribution in [3.8, 4) is 0 Å². The van der Waals surface area contributed by atoms with Crippen molar-refractivity contribution >= 4 is 23.0 Å². The number of halogens is 2.